The highest BCUT2D eigenvalue weighted by atomic mass is 16.5. The number of hydrogen-bond acceptors (Lipinski definition) is 5. The predicted molar refractivity (Wildman–Crippen MR) is 48.0 cm³/mol. The Bertz CT molecular complexity index is 218. The molecule has 6 heteroatoms. The summed E-state index contributed by atoms with van der Waals surface area (Å²) in [7, 11) is 0. The number of nitrogens with two attached hydrogens (primary N) is 1. The molecule has 0 aromatic rings. The van der Waals surface area contributed by atoms with Crippen LogP contribution in [0.25, 0.3) is 0 Å². The van der Waals surface area contributed by atoms with Crippen molar-refractivity contribution in [2.45, 2.75) is 6.10 Å². The SMILES string of the molecule is NN1COC(CN2CCOCC2)C1=O. The Kier molecular flexibility index (Phi) is 2.97. The third-order valence-corrected chi connectivity index (χ3v) is 2.50. The zero-order chi connectivity index (χ0) is 9.97. The summed E-state index contributed by atoms with van der Waals surface area (Å²) in [6, 6.07) is 0. The maximum Gasteiger partial charge on any atom is 0.269 e. The van der Waals surface area contributed by atoms with Crippen LogP contribution in [0.3, 0.4) is 0 Å². The van der Waals surface area contributed by atoms with Crippen LogP contribution in [0.15, 0.2) is 0 Å². The van der Waals surface area contributed by atoms with E-state index >= 15 is 0 Å². The van der Waals surface area contributed by atoms with Gasteiger partial charge in [0.1, 0.15) is 6.73 Å². The molecule has 2 N–H and O–H groups in total. The van der Waals surface area contributed by atoms with Crippen LogP contribution in [0.1, 0.15) is 0 Å². The molecule has 0 spiro atoms. The fraction of sp³-hybridized carbons (Fsp3) is 0.875. The second-order valence-electron chi connectivity index (χ2n) is 3.51. The molecule has 2 aliphatic rings. The highest BCUT2D eigenvalue weighted by molar-refractivity contribution is 5.81. The van der Waals surface area contributed by atoms with Crippen LogP contribution in [0.4, 0.5) is 0 Å². The van der Waals surface area contributed by atoms with Crippen molar-refractivity contribution >= 4 is 5.91 Å². The van der Waals surface area contributed by atoms with E-state index in [0.717, 1.165) is 31.3 Å². The molecule has 6 nitrogen and oxygen atoms in total. The smallest absolute Gasteiger partial charge is 0.269 e. The van der Waals surface area contributed by atoms with Crippen molar-refractivity contribution in [1.82, 2.24) is 9.91 Å². The van der Waals surface area contributed by atoms with E-state index in [1.807, 2.05) is 0 Å². The third kappa shape index (κ3) is 2.03. The lowest BCUT2D eigenvalue weighted by Gasteiger charge is -2.27. The first-order valence-corrected chi connectivity index (χ1v) is 4.75. The van der Waals surface area contributed by atoms with Gasteiger partial charge in [0, 0.05) is 19.6 Å². The molecule has 0 saturated carbocycles. The third-order valence-electron chi connectivity index (χ3n) is 2.50. The van der Waals surface area contributed by atoms with Crippen molar-refractivity contribution in [3.05, 3.63) is 0 Å². The lowest BCUT2D eigenvalue weighted by Crippen LogP contribution is -2.44. The minimum atomic E-state index is -0.391. The molecule has 0 aromatic carbocycles. The molecule has 2 rings (SSSR count). The molecule has 0 aromatic heterocycles. The first kappa shape index (κ1) is 9.85. The quantitative estimate of drug-likeness (QED) is 0.429. The Morgan fingerprint density at radius 3 is 2.71 bits per heavy atom. The molecule has 0 aliphatic carbocycles. The Balaban J connectivity index is 1.82. The van der Waals surface area contributed by atoms with Gasteiger partial charge in [-0.05, 0) is 0 Å². The van der Waals surface area contributed by atoms with Crippen LogP contribution in [0.5, 0.6) is 0 Å². The van der Waals surface area contributed by atoms with Crippen LogP contribution < -0.4 is 5.84 Å². The van der Waals surface area contributed by atoms with Gasteiger partial charge < -0.3 is 9.47 Å². The number of carbonyl (C=O) groups excluding carboxylic acids is 1. The molecule has 2 heterocycles. The standard InChI is InChI=1S/C8H15N3O3/c9-11-6-14-7(8(11)12)5-10-1-3-13-4-2-10/h7H,1-6,9H2. The summed E-state index contributed by atoms with van der Waals surface area (Å²) >= 11 is 0. The summed E-state index contributed by atoms with van der Waals surface area (Å²) in [6.07, 6.45) is -0.391. The van der Waals surface area contributed by atoms with Gasteiger partial charge >= 0.3 is 0 Å². The Labute approximate surface area is 82.5 Å². The molecule has 14 heavy (non-hydrogen) atoms. The summed E-state index contributed by atoms with van der Waals surface area (Å²) in [4.78, 5) is 13.6. The fourth-order valence-corrected chi connectivity index (χ4v) is 1.64. The van der Waals surface area contributed by atoms with E-state index < -0.39 is 6.10 Å². The molecule has 1 unspecified atom stereocenters. The molecular formula is C8H15N3O3. The number of ether oxygens (including phenoxy) is 2. The minimum Gasteiger partial charge on any atom is -0.379 e. The van der Waals surface area contributed by atoms with E-state index in [-0.39, 0.29) is 12.6 Å². The predicted octanol–water partition coefficient (Wildman–Crippen LogP) is -1.62. The van der Waals surface area contributed by atoms with E-state index in [0.29, 0.717) is 6.54 Å². The van der Waals surface area contributed by atoms with Gasteiger partial charge in [-0.2, -0.15) is 0 Å². The van der Waals surface area contributed by atoms with Gasteiger partial charge in [0.2, 0.25) is 0 Å². The van der Waals surface area contributed by atoms with Crippen molar-refractivity contribution in [1.29, 1.82) is 0 Å². The van der Waals surface area contributed by atoms with Crippen molar-refractivity contribution in [2.75, 3.05) is 39.6 Å². The molecule has 0 radical (unpaired) electrons. The zero-order valence-corrected chi connectivity index (χ0v) is 8.02. The van der Waals surface area contributed by atoms with Crippen LogP contribution in [0, 0.1) is 0 Å². The number of carbonyl (C=O) groups is 1. The van der Waals surface area contributed by atoms with E-state index in [2.05, 4.69) is 4.90 Å². The first-order chi connectivity index (χ1) is 6.77. The van der Waals surface area contributed by atoms with Crippen LogP contribution in [-0.2, 0) is 14.3 Å². The van der Waals surface area contributed by atoms with Gasteiger partial charge in [0.15, 0.2) is 6.10 Å². The zero-order valence-electron chi connectivity index (χ0n) is 8.02. The van der Waals surface area contributed by atoms with Crippen molar-refractivity contribution in [2.24, 2.45) is 5.84 Å². The Morgan fingerprint density at radius 1 is 1.43 bits per heavy atom. The van der Waals surface area contributed by atoms with E-state index in [4.69, 9.17) is 15.3 Å². The average Bonchev–Trinajstić information content (AvgIpc) is 2.52. The molecule has 80 valence electrons. The van der Waals surface area contributed by atoms with Crippen LogP contribution in [-0.4, -0.2) is 61.5 Å². The molecule has 1 amide bonds. The van der Waals surface area contributed by atoms with Gasteiger partial charge in [-0.15, -0.1) is 0 Å². The fourth-order valence-electron chi connectivity index (χ4n) is 1.64. The van der Waals surface area contributed by atoms with E-state index in [1.54, 1.807) is 0 Å². The maximum atomic E-state index is 11.4. The summed E-state index contributed by atoms with van der Waals surface area (Å²) in [5.41, 5.74) is 0. The Hall–Kier alpha value is -0.690. The summed E-state index contributed by atoms with van der Waals surface area (Å²) < 4.78 is 10.5. The molecule has 2 fully saturated rings. The monoisotopic (exact) mass is 201 g/mol. The minimum absolute atomic E-state index is 0.128. The lowest BCUT2D eigenvalue weighted by molar-refractivity contribution is -0.131. The highest BCUT2D eigenvalue weighted by Crippen LogP contribution is 2.09. The number of hydrazine groups is 1. The number of amides is 1. The molecule has 0 bridgehead atoms. The summed E-state index contributed by atoms with van der Waals surface area (Å²) in [5.74, 6) is 5.26. The number of morpholine rings is 1. The highest BCUT2D eigenvalue weighted by Gasteiger charge is 2.32. The Morgan fingerprint density at radius 2 is 2.14 bits per heavy atom. The summed E-state index contributed by atoms with van der Waals surface area (Å²) in [5, 5.41) is 1.12. The molecule has 1 atom stereocenters. The average molecular weight is 201 g/mol. The van der Waals surface area contributed by atoms with Crippen molar-refractivity contribution < 1.29 is 14.3 Å². The van der Waals surface area contributed by atoms with Crippen molar-refractivity contribution in [3.8, 4) is 0 Å². The number of hydrogen-bond donors (Lipinski definition) is 1. The normalized spacial score (nSPS) is 29.9. The maximum absolute atomic E-state index is 11.4. The molecular weight excluding hydrogens is 186 g/mol. The van der Waals surface area contributed by atoms with Crippen molar-refractivity contribution in [3.63, 3.8) is 0 Å². The molecule has 2 saturated heterocycles. The topological polar surface area (TPSA) is 68.0 Å². The van der Waals surface area contributed by atoms with E-state index in [9.17, 15) is 4.79 Å². The largest absolute Gasteiger partial charge is 0.379 e. The molecule has 2 aliphatic heterocycles. The van der Waals surface area contributed by atoms with Gasteiger partial charge in [0.05, 0.1) is 13.2 Å². The number of nitrogens with zero attached hydrogens (tertiary/aromatic N) is 2. The van der Waals surface area contributed by atoms with Gasteiger partial charge in [-0.25, -0.2) is 5.84 Å². The number of rotatable bonds is 2. The van der Waals surface area contributed by atoms with Crippen LogP contribution >= 0.6 is 0 Å². The second kappa shape index (κ2) is 4.22. The lowest BCUT2D eigenvalue weighted by atomic mass is 10.3. The van der Waals surface area contributed by atoms with Gasteiger partial charge in [-0.3, -0.25) is 14.7 Å². The van der Waals surface area contributed by atoms with Crippen LogP contribution in [0.2, 0.25) is 0 Å². The van der Waals surface area contributed by atoms with E-state index in [1.165, 1.54) is 0 Å². The first-order valence-electron chi connectivity index (χ1n) is 4.75. The van der Waals surface area contributed by atoms with Gasteiger partial charge in [0.25, 0.3) is 5.91 Å². The van der Waals surface area contributed by atoms with Gasteiger partial charge in [-0.1, -0.05) is 0 Å². The summed E-state index contributed by atoms with van der Waals surface area (Å²) in [6.45, 7) is 4.00. The second-order valence-corrected chi connectivity index (χ2v) is 3.51.